The maximum absolute atomic E-state index is 8.65. The Morgan fingerprint density at radius 3 is 2.55 bits per heavy atom. The summed E-state index contributed by atoms with van der Waals surface area (Å²) in [5, 5.41) is 8.65. The highest BCUT2D eigenvalue weighted by Crippen LogP contribution is 2.10. The summed E-state index contributed by atoms with van der Waals surface area (Å²) in [5.41, 5.74) is 5.03. The van der Waals surface area contributed by atoms with E-state index in [2.05, 4.69) is 11.0 Å². The predicted octanol–water partition coefficient (Wildman–Crippen LogP) is 0.323. The van der Waals surface area contributed by atoms with Crippen molar-refractivity contribution >= 4 is 0 Å². The molecule has 1 fully saturated rings. The molecule has 0 radical (unpaired) electrons. The number of nitrogens with two attached hydrogens (primary N) is 1. The first-order chi connectivity index (χ1) is 5.14. The van der Waals surface area contributed by atoms with Crippen molar-refractivity contribution in [3.63, 3.8) is 0 Å². The lowest BCUT2D eigenvalue weighted by molar-refractivity contribution is 0.292. The van der Waals surface area contributed by atoms with Crippen LogP contribution in [-0.4, -0.2) is 30.1 Å². The third-order valence-electron chi connectivity index (χ3n) is 2.01. The van der Waals surface area contributed by atoms with E-state index in [1.54, 1.807) is 6.92 Å². The molecule has 3 heteroatoms. The molecule has 62 valence electrons. The van der Waals surface area contributed by atoms with Crippen LogP contribution in [0, 0.1) is 11.3 Å². The lowest BCUT2D eigenvalue weighted by Gasteiger charge is -2.22. The molecule has 1 aliphatic heterocycles. The third kappa shape index (κ3) is 2.49. The standard InChI is InChI=1S/C8H15N3/c1-8(10,6-9)7-11-4-2-3-5-11/h2-5,7,10H2,1H3. The predicted molar refractivity (Wildman–Crippen MR) is 43.9 cm³/mol. The lowest BCUT2D eigenvalue weighted by atomic mass is 10.1. The minimum Gasteiger partial charge on any atom is -0.313 e. The summed E-state index contributed by atoms with van der Waals surface area (Å²) in [6.07, 6.45) is 2.50. The molecule has 0 aromatic heterocycles. The Morgan fingerprint density at radius 2 is 2.09 bits per heavy atom. The number of likely N-dealkylation sites (tertiary alicyclic amines) is 1. The molecule has 1 atom stereocenters. The molecule has 0 aromatic carbocycles. The molecule has 11 heavy (non-hydrogen) atoms. The molecule has 0 bridgehead atoms. The van der Waals surface area contributed by atoms with Crippen molar-refractivity contribution in [3.8, 4) is 6.07 Å². The van der Waals surface area contributed by atoms with Crippen LogP contribution in [0.3, 0.4) is 0 Å². The minimum atomic E-state index is -0.662. The molecule has 3 nitrogen and oxygen atoms in total. The van der Waals surface area contributed by atoms with Gasteiger partial charge in [0.25, 0.3) is 0 Å². The van der Waals surface area contributed by atoms with Crippen LogP contribution in [0.15, 0.2) is 0 Å². The first kappa shape index (κ1) is 8.51. The van der Waals surface area contributed by atoms with E-state index in [1.807, 2.05) is 0 Å². The Balaban J connectivity index is 2.35. The Kier molecular flexibility index (Phi) is 2.48. The molecule has 1 aliphatic rings. The fourth-order valence-electron chi connectivity index (χ4n) is 1.44. The summed E-state index contributed by atoms with van der Waals surface area (Å²) in [6, 6.07) is 2.10. The first-order valence-corrected chi connectivity index (χ1v) is 4.06. The number of hydrogen-bond donors (Lipinski definition) is 1. The van der Waals surface area contributed by atoms with Gasteiger partial charge in [-0.2, -0.15) is 5.26 Å². The highest BCUT2D eigenvalue weighted by Gasteiger charge is 2.23. The van der Waals surface area contributed by atoms with Crippen molar-refractivity contribution in [2.45, 2.75) is 25.3 Å². The molecule has 0 amide bonds. The topological polar surface area (TPSA) is 53.1 Å². The molecule has 1 rings (SSSR count). The van der Waals surface area contributed by atoms with Crippen LogP contribution in [0.4, 0.5) is 0 Å². The maximum Gasteiger partial charge on any atom is 0.114 e. The van der Waals surface area contributed by atoms with E-state index in [9.17, 15) is 0 Å². The Labute approximate surface area is 67.8 Å². The first-order valence-electron chi connectivity index (χ1n) is 4.06. The smallest absolute Gasteiger partial charge is 0.114 e. The Hall–Kier alpha value is -0.590. The van der Waals surface area contributed by atoms with Gasteiger partial charge in [0.15, 0.2) is 0 Å². The zero-order valence-corrected chi connectivity index (χ0v) is 7.01. The van der Waals surface area contributed by atoms with Gasteiger partial charge in [0.1, 0.15) is 5.54 Å². The van der Waals surface area contributed by atoms with E-state index in [0.717, 1.165) is 13.1 Å². The van der Waals surface area contributed by atoms with Gasteiger partial charge in [-0.3, -0.25) is 0 Å². The molecule has 1 unspecified atom stereocenters. The molecule has 0 spiro atoms. The van der Waals surface area contributed by atoms with Crippen LogP contribution in [0.25, 0.3) is 0 Å². The normalized spacial score (nSPS) is 24.5. The van der Waals surface area contributed by atoms with E-state index in [0.29, 0.717) is 6.54 Å². The average Bonchev–Trinajstić information content (AvgIpc) is 2.39. The number of rotatable bonds is 2. The molecule has 0 aromatic rings. The van der Waals surface area contributed by atoms with Gasteiger partial charge < -0.3 is 10.6 Å². The highest BCUT2D eigenvalue weighted by atomic mass is 15.2. The summed E-state index contributed by atoms with van der Waals surface area (Å²) in [4.78, 5) is 2.25. The second-order valence-electron chi connectivity index (χ2n) is 3.51. The Bertz CT molecular complexity index is 163. The average molecular weight is 153 g/mol. The van der Waals surface area contributed by atoms with E-state index in [4.69, 9.17) is 11.0 Å². The molecular weight excluding hydrogens is 138 g/mol. The van der Waals surface area contributed by atoms with Gasteiger partial charge in [-0.1, -0.05) is 0 Å². The summed E-state index contributed by atoms with van der Waals surface area (Å²) in [7, 11) is 0. The summed E-state index contributed by atoms with van der Waals surface area (Å²) in [6.45, 7) is 4.71. The zero-order chi connectivity index (χ0) is 8.32. The number of hydrogen-bond acceptors (Lipinski definition) is 3. The van der Waals surface area contributed by atoms with Gasteiger partial charge in [0.2, 0.25) is 0 Å². The molecule has 1 saturated heterocycles. The number of nitriles is 1. The van der Waals surface area contributed by atoms with E-state index >= 15 is 0 Å². The summed E-state index contributed by atoms with van der Waals surface area (Å²) >= 11 is 0. The van der Waals surface area contributed by atoms with Crippen molar-refractivity contribution in [2.24, 2.45) is 5.73 Å². The van der Waals surface area contributed by atoms with Gasteiger partial charge in [0, 0.05) is 6.54 Å². The Morgan fingerprint density at radius 1 is 1.55 bits per heavy atom. The van der Waals surface area contributed by atoms with Crippen molar-refractivity contribution in [3.05, 3.63) is 0 Å². The van der Waals surface area contributed by atoms with Crippen molar-refractivity contribution < 1.29 is 0 Å². The zero-order valence-electron chi connectivity index (χ0n) is 7.01. The van der Waals surface area contributed by atoms with Crippen molar-refractivity contribution in [1.29, 1.82) is 5.26 Å². The van der Waals surface area contributed by atoms with Gasteiger partial charge in [-0.05, 0) is 32.9 Å². The molecule has 1 heterocycles. The molecular formula is C8H15N3. The minimum absolute atomic E-state index is 0.662. The fourth-order valence-corrected chi connectivity index (χ4v) is 1.44. The van der Waals surface area contributed by atoms with Crippen LogP contribution in [0.2, 0.25) is 0 Å². The lowest BCUT2D eigenvalue weighted by Crippen LogP contribution is -2.45. The third-order valence-corrected chi connectivity index (χ3v) is 2.01. The van der Waals surface area contributed by atoms with E-state index in [1.165, 1.54) is 12.8 Å². The van der Waals surface area contributed by atoms with Crippen molar-refractivity contribution in [2.75, 3.05) is 19.6 Å². The summed E-state index contributed by atoms with van der Waals surface area (Å²) < 4.78 is 0. The van der Waals surface area contributed by atoms with Crippen LogP contribution in [-0.2, 0) is 0 Å². The van der Waals surface area contributed by atoms with Gasteiger partial charge in [0.05, 0.1) is 6.07 Å². The van der Waals surface area contributed by atoms with Crippen LogP contribution >= 0.6 is 0 Å². The SMILES string of the molecule is CC(N)(C#N)CN1CCCC1. The fraction of sp³-hybridized carbons (Fsp3) is 0.875. The van der Waals surface area contributed by atoms with Crippen LogP contribution < -0.4 is 5.73 Å². The van der Waals surface area contributed by atoms with Gasteiger partial charge >= 0.3 is 0 Å². The van der Waals surface area contributed by atoms with E-state index in [-0.39, 0.29) is 0 Å². The molecule has 0 aliphatic carbocycles. The molecule has 2 N–H and O–H groups in total. The highest BCUT2D eigenvalue weighted by molar-refractivity contribution is 5.03. The largest absolute Gasteiger partial charge is 0.313 e. The van der Waals surface area contributed by atoms with E-state index < -0.39 is 5.54 Å². The maximum atomic E-state index is 8.65. The van der Waals surface area contributed by atoms with Gasteiger partial charge in [-0.25, -0.2) is 0 Å². The van der Waals surface area contributed by atoms with Crippen molar-refractivity contribution in [1.82, 2.24) is 4.90 Å². The quantitative estimate of drug-likeness (QED) is 0.621. The molecule has 0 saturated carbocycles. The second-order valence-corrected chi connectivity index (χ2v) is 3.51. The second kappa shape index (κ2) is 3.21. The summed E-state index contributed by atoms with van der Waals surface area (Å²) in [5.74, 6) is 0. The van der Waals surface area contributed by atoms with Gasteiger partial charge in [-0.15, -0.1) is 0 Å². The van der Waals surface area contributed by atoms with Crippen LogP contribution in [0.1, 0.15) is 19.8 Å². The number of nitrogens with zero attached hydrogens (tertiary/aromatic N) is 2. The van der Waals surface area contributed by atoms with Crippen LogP contribution in [0.5, 0.6) is 0 Å². The monoisotopic (exact) mass is 153 g/mol.